The first-order valence-corrected chi connectivity index (χ1v) is 11.4. The monoisotopic (exact) mass is 409 g/mol. The van der Waals surface area contributed by atoms with Gasteiger partial charge in [-0.2, -0.15) is 0 Å². The summed E-state index contributed by atoms with van der Waals surface area (Å²) in [7, 11) is 0. The molecule has 30 heavy (non-hydrogen) atoms. The van der Waals surface area contributed by atoms with Gasteiger partial charge in [0.1, 0.15) is 11.5 Å². The zero-order chi connectivity index (χ0) is 21.3. The minimum atomic E-state index is -0.445. The van der Waals surface area contributed by atoms with Crippen molar-refractivity contribution in [1.29, 1.82) is 0 Å². The average Bonchev–Trinajstić information content (AvgIpc) is 2.75. The molecule has 2 aromatic rings. The molecular weight excluding hydrogens is 374 g/mol. The van der Waals surface area contributed by atoms with Gasteiger partial charge < -0.3 is 14.8 Å². The third kappa shape index (κ3) is 6.51. The SMILES string of the molecule is CC[C@@H](Oc1ccc2c(c1)CCCC2)C(=O)NCCCc1ccc(OC(C)C)cc1. The van der Waals surface area contributed by atoms with E-state index in [-0.39, 0.29) is 12.0 Å². The van der Waals surface area contributed by atoms with Crippen LogP contribution in [0.15, 0.2) is 42.5 Å². The van der Waals surface area contributed by atoms with E-state index in [2.05, 4.69) is 29.6 Å². The molecule has 0 unspecified atom stereocenters. The Morgan fingerprint density at radius 1 is 0.967 bits per heavy atom. The molecule has 162 valence electrons. The fourth-order valence-electron chi connectivity index (χ4n) is 3.89. The summed E-state index contributed by atoms with van der Waals surface area (Å²) in [4.78, 5) is 12.6. The maximum Gasteiger partial charge on any atom is 0.261 e. The van der Waals surface area contributed by atoms with Crippen molar-refractivity contribution in [3.8, 4) is 11.5 Å². The Labute approximate surface area is 181 Å². The fourth-order valence-corrected chi connectivity index (χ4v) is 3.89. The molecule has 0 spiro atoms. The summed E-state index contributed by atoms with van der Waals surface area (Å²) >= 11 is 0. The van der Waals surface area contributed by atoms with Crippen LogP contribution in [0.5, 0.6) is 11.5 Å². The summed E-state index contributed by atoms with van der Waals surface area (Å²) in [6, 6.07) is 14.5. The van der Waals surface area contributed by atoms with Crippen molar-refractivity contribution < 1.29 is 14.3 Å². The predicted molar refractivity (Wildman–Crippen MR) is 121 cm³/mol. The summed E-state index contributed by atoms with van der Waals surface area (Å²) in [6.45, 7) is 6.68. The fraction of sp³-hybridized carbons (Fsp3) is 0.500. The minimum absolute atomic E-state index is 0.0316. The van der Waals surface area contributed by atoms with Crippen LogP contribution in [0.25, 0.3) is 0 Å². The molecule has 0 saturated carbocycles. The summed E-state index contributed by atoms with van der Waals surface area (Å²) in [5, 5.41) is 3.04. The Morgan fingerprint density at radius 2 is 1.67 bits per heavy atom. The molecule has 1 amide bonds. The third-order valence-corrected chi connectivity index (χ3v) is 5.50. The number of nitrogens with one attached hydrogen (secondary N) is 1. The number of ether oxygens (including phenoxy) is 2. The quantitative estimate of drug-likeness (QED) is 0.545. The highest BCUT2D eigenvalue weighted by Gasteiger charge is 2.19. The van der Waals surface area contributed by atoms with Gasteiger partial charge in [-0.3, -0.25) is 4.79 Å². The number of fused-ring (bicyclic) bond motifs is 1. The van der Waals surface area contributed by atoms with E-state index in [0.717, 1.165) is 37.2 Å². The van der Waals surface area contributed by atoms with Gasteiger partial charge >= 0.3 is 0 Å². The van der Waals surface area contributed by atoms with Gasteiger partial charge in [-0.25, -0.2) is 0 Å². The van der Waals surface area contributed by atoms with E-state index in [4.69, 9.17) is 9.47 Å². The van der Waals surface area contributed by atoms with E-state index in [0.29, 0.717) is 13.0 Å². The van der Waals surface area contributed by atoms with Crippen LogP contribution < -0.4 is 14.8 Å². The van der Waals surface area contributed by atoms with Crippen molar-refractivity contribution in [2.75, 3.05) is 6.54 Å². The molecule has 3 rings (SSSR count). The van der Waals surface area contributed by atoms with Gasteiger partial charge in [0, 0.05) is 6.54 Å². The van der Waals surface area contributed by atoms with E-state index < -0.39 is 6.10 Å². The number of benzene rings is 2. The van der Waals surface area contributed by atoms with Crippen molar-refractivity contribution in [3.05, 3.63) is 59.2 Å². The molecule has 1 N–H and O–H groups in total. The Bertz CT molecular complexity index is 814. The summed E-state index contributed by atoms with van der Waals surface area (Å²) in [5.74, 6) is 1.67. The minimum Gasteiger partial charge on any atom is -0.491 e. The maximum atomic E-state index is 12.6. The lowest BCUT2D eigenvalue weighted by atomic mass is 9.92. The van der Waals surface area contributed by atoms with Crippen LogP contribution in [-0.4, -0.2) is 24.7 Å². The first-order valence-electron chi connectivity index (χ1n) is 11.4. The van der Waals surface area contributed by atoms with Crippen LogP contribution in [0, 0.1) is 0 Å². The highest BCUT2D eigenvalue weighted by Crippen LogP contribution is 2.26. The highest BCUT2D eigenvalue weighted by molar-refractivity contribution is 5.81. The molecule has 0 aliphatic heterocycles. The Hall–Kier alpha value is -2.49. The van der Waals surface area contributed by atoms with Gasteiger partial charge in [0.15, 0.2) is 6.10 Å². The molecule has 4 nitrogen and oxygen atoms in total. The number of aryl methyl sites for hydroxylation is 3. The van der Waals surface area contributed by atoms with Gasteiger partial charge in [0.2, 0.25) is 0 Å². The lowest BCUT2D eigenvalue weighted by Gasteiger charge is -2.20. The molecule has 0 fully saturated rings. The second kappa shape index (κ2) is 11.1. The van der Waals surface area contributed by atoms with Crippen molar-refractivity contribution in [2.24, 2.45) is 0 Å². The Kier molecular flexibility index (Phi) is 8.18. The summed E-state index contributed by atoms with van der Waals surface area (Å²) in [5.41, 5.74) is 4.05. The lowest BCUT2D eigenvalue weighted by Crippen LogP contribution is -2.38. The van der Waals surface area contributed by atoms with E-state index in [9.17, 15) is 4.79 Å². The third-order valence-electron chi connectivity index (χ3n) is 5.50. The molecule has 4 heteroatoms. The largest absolute Gasteiger partial charge is 0.491 e. The standard InChI is InChI=1S/C26H35NO3/c1-4-25(30-24-16-13-21-9-5-6-10-22(21)18-24)26(28)27-17-7-8-20-11-14-23(15-12-20)29-19(2)3/h11-16,18-19,25H,4-10,17H2,1-3H3,(H,27,28)/t25-/m1/s1. The molecule has 0 bridgehead atoms. The predicted octanol–water partition coefficient (Wildman–Crippen LogP) is 5.26. The molecule has 0 radical (unpaired) electrons. The maximum absolute atomic E-state index is 12.6. The van der Waals surface area contributed by atoms with Crippen molar-refractivity contribution >= 4 is 5.91 Å². The number of carbonyl (C=O) groups is 1. The van der Waals surface area contributed by atoms with Gasteiger partial charge in [-0.1, -0.05) is 25.1 Å². The van der Waals surface area contributed by atoms with Crippen LogP contribution >= 0.6 is 0 Å². The van der Waals surface area contributed by atoms with Crippen LogP contribution in [0.4, 0.5) is 0 Å². The van der Waals surface area contributed by atoms with Crippen molar-refractivity contribution in [2.45, 2.75) is 77.9 Å². The molecular formula is C26H35NO3. The van der Waals surface area contributed by atoms with Gasteiger partial charge in [-0.05, 0) is 99.7 Å². The summed E-state index contributed by atoms with van der Waals surface area (Å²) < 4.78 is 11.7. The Balaban J connectivity index is 1.43. The molecule has 1 aliphatic carbocycles. The molecule has 1 atom stereocenters. The van der Waals surface area contributed by atoms with E-state index in [1.54, 1.807) is 0 Å². The number of amides is 1. The topological polar surface area (TPSA) is 47.6 Å². The molecule has 0 aromatic heterocycles. The second-order valence-electron chi connectivity index (χ2n) is 8.36. The molecule has 2 aromatic carbocycles. The normalized spacial score (nSPS) is 14.1. The van der Waals surface area contributed by atoms with Gasteiger partial charge in [0.25, 0.3) is 5.91 Å². The zero-order valence-corrected chi connectivity index (χ0v) is 18.6. The van der Waals surface area contributed by atoms with Crippen LogP contribution in [0.2, 0.25) is 0 Å². The van der Waals surface area contributed by atoms with E-state index >= 15 is 0 Å². The smallest absolute Gasteiger partial charge is 0.261 e. The number of hydrogen-bond donors (Lipinski definition) is 1. The molecule has 1 aliphatic rings. The van der Waals surface area contributed by atoms with Gasteiger partial charge in [0.05, 0.1) is 6.10 Å². The zero-order valence-electron chi connectivity index (χ0n) is 18.6. The van der Waals surface area contributed by atoms with Crippen LogP contribution in [-0.2, 0) is 24.1 Å². The summed E-state index contributed by atoms with van der Waals surface area (Å²) in [6.07, 6.45) is 6.97. The number of rotatable bonds is 10. The van der Waals surface area contributed by atoms with Crippen LogP contribution in [0.1, 0.15) is 63.1 Å². The Morgan fingerprint density at radius 3 is 2.37 bits per heavy atom. The van der Waals surface area contributed by atoms with E-state index in [1.807, 2.05) is 39.0 Å². The van der Waals surface area contributed by atoms with Crippen molar-refractivity contribution in [1.82, 2.24) is 5.32 Å². The first kappa shape index (κ1) is 22.2. The first-order chi connectivity index (χ1) is 14.5. The average molecular weight is 410 g/mol. The molecule has 0 saturated heterocycles. The second-order valence-corrected chi connectivity index (χ2v) is 8.36. The molecule has 0 heterocycles. The van der Waals surface area contributed by atoms with Crippen LogP contribution in [0.3, 0.4) is 0 Å². The highest BCUT2D eigenvalue weighted by atomic mass is 16.5. The lowest BCUT2D eigenvalue weighted by molar-refractivity contribution is -0.128. The van der Waals surface area contributed by atoms with E-state index in [1.165, 1.54) is 29.5 Å². The number of carbonyl (C=O) groups excluding carboxylic acids is 1. The van der Waals surface area contributed by atoms with Crippen molar-refractivity contribution in [3.63, 3.8) is 0 Å². The van der Waals surface area contributed by atoms with Gasteiger partial charge in [-0.15, -0.1) is 0 Å². The number of hydrogen-bond acceptors (Lipinski definition) is 3.